The Morgan fingerprint density at radius 2 is 1.77 bits per heavy atom. The molecule has 0 saturated heterocycles. The molecule has 1 heterocycles. The van der Waals surface area contributed by atoms with E-state index >= 15 is 0 Å². The lowest BCUT2D eigenvalue weighted by atomic mass is 9.86. The Hall–Kier alpha value is -2.63. The number of aryl methyl sites for hydroxylation is 1. The number of benzene rings is 2. The molecule has 0 spiro atoms. The van der Waals surface area contributed by atoms with Gasteiger partial charge in [-0.2, -0.15) is 0 Å². The van der Waals surface area contributed by atoms with E-state index in [0.717, 1.165) is 11.1 Å². The first kappa shape index (κ1) is 23.0. The topological polar surface area (TPSA) is 62.6 Å². The Morgan fingerprint density at radius 3 is 2.35 bits per heavy atom. The highest BCUT2D eigenvalue weighted by atomic mass is 35.5. The Morgan fingerprint density at radius 1 is 1.13 bits per heavy atom. The van der Waals surface area contributed by atoms with Crippen LogP contribution in [0.25, 0.3) is 11.0 Å². The summed E-state index contributed by atoms with van der Waals surface area (Å²) in [5.41, 5.74) is 3.27. The highest BCUT2D eigenvalue weighted by Crippen LogP contribution is 2.26. The molecule has 6 heteroatoms. The maximum atomic E-state index is 12.7. The molecule has 5 nitrogen and oxygen atoms in total. The summed E-state index contributed by atoms with van der Waals surface area (Å²) in [5.74, 6) is -0.440. The van der Waals surface area contributed by atoms with Gasteiger partial charge in [0.1, 0.15) is 5.58 Å². The van der Waals surface area contributed by atoms with Gasteiger partial charge in [0.2, 0.25) is 0 Å². The molecule has 2 aromatic carbocycles. The minimum Gasteiger partial charge on any atom is -0.451 e. The number of hydrogen-bond donors (Lipinski definition) is 1. The predicted octanol–water partition coefficient (Wildman–Crippen LogP) is 5.09. The van der Waals surface area contributed by atoms with Crippen molar-refractivity contribution in [2.75, 3.05) is 20.6 Å². The molecule has 0 bridgehead atoms. The van der Waals surface area contributed by atoms with E-state index in [1.165, 1.54) is 11.6 Å². The van der Waals surface area contributed by atoms with E-state index in [1.807, 2.05) is 25.9 Å². The molecular weight excluding hydrogens is 412 g/mol. The molecule has 0 fully saturated rings. The summed E-state index contributed by atoms with van der Waals surface area (Å²) in [6.45, 7) is 8.73. The lowest BCUT2D eigenvalue weighted by Crippen LogP contribution is -2.34. The second-order valence-electron chi connectivity index (χ2n) is 9.13. The van der Waals surface area contributed by atoms with Gasteiger partial charge in [-0.1, -0.05) is 56.6 Å². The average Bonchev–Trinajstić information content (AvgIpc) is 2.69. The van der Waals surface area contributed by atoms with Crippen molar-refractivity contribution in [3.63, 3.8) is 0 Å². The van der Waals surface area contributed by atoms with E-state index in [9.17, 15) is 9.59 Å². The van der Waals surface area contributed by atoms with E-state index in [-0.39, 0.29) is 22.6 Å². The summed E-state index contributed by atoms with van der Waals surface area (Å²) in [4.78, 5) is 27.2. The van der Waals surface area contributed by atoms with Crippen molar-refractivity contribution in [3.8, 4) is 0 Å². The van der Waals surface area contributed by atoms with Crippen LogP contribution in [0.15, 0.2) is 51.7 Å². The Kier molecular flexibility index (Phi) is 6.58. The Labute approximate surface area is 188 Å². The molecule has 0 aliphatic carbocycles. The van der Waals surface area contributed by atoms with Gasteiger partial charge in [0.05, 0.1) is 11.4 Å². The van der Waals surface area contributed by atoms with E-state index in [2.05, 4.69) is 50.4 Å². The van der Waals surface area contributed by atoms with E-state index in [1.54, 1.807) is 12.1 Å². The number of carbonyl (C=O) groups is 1. The quantitative estimate of drug-likeness (QED) is 0.600. The number of rotatable bonds is 5. The molecule has 31 heavy (non-hydrogen) atoms. The second kappa shape index (κ2) is 8.85. The number of halogens is 1. The largest absolute Gasteiger partial charge is 0.451 e. The average molecular weight is 441 g/mol. The van der Waals surface area contributed by atoms with Crippen LogP contribution in [0.1, 0.15) is 54.1 Å². The predicted molar refractivity (Wildman–Crippen MR) is 126 cm³/mol. The van der Waals surface area contributed by atoms with Crippen molar-refractivity contribution in [1.82, 2.24) is 10.2 Å². The van der Waals surface area contributed by atoms with Crippen LogP contribution in [0, 0.1) is 6.92 Å². The number of hydrogen-bond acceptors (Lipinski definition) is 4. The van der Waals surface area contributed by atoms with E-state index in [0.29, 0.717) is 22.5 Å². The fourth-order valence-corrected chi connectivity index (χ4v) is 3.63. The number of amides is 1. The first-order valence-electron chi connectivity index (χ1n) is 10.3. The zero-order chi connectivity index (χ0) is 22.9. The highest BCUT2D eigenvalue weighted by Gasteiger charge is 2.20. The second-order valence-corrected chi connectivity index (χ2v) is 9.54. The van der Waals surface area contributed by atoms with Crippen molar-refractivity contribution in [3.05, 3.63) is 80.2 Å². The molecule has 1 aromatic heterocycles. The van der Waals surface area contributed by atoms with Crippen LogP contribution in [0.3, 0.4) is 0 Å². The summed E-state index contributed by atoms with van der Waals surface area (Å²) in [5, 5.41) is 3.75. The fourth-order valence-electron chi connectivity index (χ4n) is 3.47. The molecule has 0 radical (unpaired) electrons. The monoisotopic (exact) mass is 440 g/mol. The maximum Gasteiger partial charge on any atom is 0.287 e. The number of fused-ring (bicyclic) bond motifs is 1. The molecule has 0 aliphatic heterocycles. The molecule has 1 atom stereocenters. The standard InChI is InChI=1S/C25H29ClN2O3/c1-15-11-22-18(12-19(15)26)21(29)13-23(31-22)24(30)27-14-20(28(5)6)16-7-9-17(10-8-16)25(2,3)4/h7-13,20H,14H2,1-6H3,(H,27,30)/t20-/m1/s1. The van der Waals surface area contributed by atoms with Crippen LogP contribution >= 0.6 is 11.6 Å². The number of carbonyl (C=O) groups excluding carboxylic acids is 1. The van der Waals surface area contributed by atoms with E-state index < -0.39 is 5.91 Å². The highest BCUT2D eigenvalue weighted by molar-refractivity contribution is 6.32. The van der Waals surface area contributed by atoms with Gasteiger partial charge in [0, 0.05) is 17.6 Å². The zero-order valence-corrected chi connectivity index (χ0v) is 19.6. The molecule has 1 N–H and O–H groups in total. The summed E-state index contributed by atoms with van der Waals surface area (Å²) >= 11 is 6.10. The van der Waals surface area contributed by atoms with Gasteiger partial charge in [-0.05, 0) is 55.3 Å². The van der Waals surface area contributed by atoms with Crippen LogP contribution in [-0.4, -0.2) is 31.4 Å². The number of nitrogens with one attached hydrogen (secondary N) is 1. The van der Waals surface area contributed by atoms with Gasteiger partial charge in [0.15, 0.2) is 11.2 Å². The van der Waals surface area contributed by atoms with Crippen molar-refractivity contribution in [1.29, 1.82) is 0 Å². The molecule has 1 amide bonds. The lowest BCUT2D eigenvalue weighted by Gasteiger charge is -2.26. The van der Waals surface area contributed by atoms with Gasteiger partial charge in [-0.3, -0.25) is 9.59 Å². The lowest BCUT2D eigenvalue weighted by molar-refractivity contribution is 0.0914. The third-order valence-corrected chi connectivity index (χ3v) is 5.88. The molecule has 0 saturated carbocycles. The number of likely N-dealkylation sites (N-methyl/N-ethyl adjacent to an activating group) is 1. The summed E-state index contributed by atoms with van der Waals surface area (Å²) < 4.78 is 5.71. The zero-order valence-electron chi connectivity index (χ0n) is 18.9. The van der Waals surface area contributed by atoms with Gasteiger partial charge in [0.25, 0.3) is 5.91 Å². The smallest absolute Gasteiger partial charge is 0.287 e. The third kappa shape index (κ3) is 5.17. The molecule has 3 aromatic rings. The first-order valence-corrected chi connectivity index (χ1v) is 10.6. The minimum atomic E-state index is -0.426. The van der Waals surface area contributed by atoms with Gasteiger partial charge < -0.3 is 14.6 Å². The summed E-state index contributed by atoms with van der Waals surface area (Å²) in [7, 11) is 3.94. The van der Waals surface area contributed by atoms with Gasteiger partial charge in [-0.25, -0.2) is 0 Å². The third-order valence-electron chi connectivity index (χ3n) is 5.47. The van der Waals surface area contributed by atoms with Crippen LogP contribution in [0.2, 0.25) is 5.02 Å². The van der Waals surface area contributed by atoms with Crippen molar-refractivity contribution in [2.24, 2.45) is 0 Å². The van der Waals surface area contributed by atoms with Crippen molar-refractivity contribution < 1.29 is 9.21 Å². The van der Waals surface area contributed by atoms with Crippen molar-refractivity contribution >= 4 is 28.5 Å². The molecular formula is C25H29ClN2O3. The Bertz CT molecular complexity index is 1160. The first-order chi connectivity index (χ1) is 14.5. The maximum absolute atomic E-state index is 12.7. The SMILES string of the molecule is Cc1cc2oc(C(=O)NC[C@H](c3ccc(C(C)(C)C)cc3)N(C)C)cc(=O)c2cc1Cl. The Balaban J connectivity index is 1.80. The van der Waals surface area contributed by atoms with Crippen LogP contribution < -0.4 is 10.7 Å². The summed E-state index contributed by atoms with van der Waals surface area (Å²) in [6.07, 6.45) is 0. The molecule has 0 unspecified atom stereocenters. The summed E-state index contributed by atoms with van der Waals surface area (Å²) in [6, 6.07) is 12.9. The normalized spacial score (nSPS) is 12.9. The fraction of sp³-hybridized carbons (Fsp3) is 0.360. The van der Waals surface area contributed by atoms with E-state index in [4.69, 9.17) is 16.0 Å². The van der Waals surface area contributed by atoms with Crippen molar-refractivity contribution in [2.45, 2.75) is 39.2 Å². The van der Waals surface area contributed by atoms with Gasteiger partial charge >= 0.3 is 0 Å². The van der Waals surface area contributed by atoms with Crippen LogP contribution in [0.4, 0.5) is 0 Å². The number of nitrogens with zero attached hydrogens (tertiary/aromatic N) is 1. The van der Waals surface area contributed by atoms with Crippen LogP contribution in [0.5, 0.6) is 0 Å². The molecule has 3 rings (SSSR count). The minimum absolute atomic E-state index is 0.0141. The van der Waals surface area contributed by atoms with Gasteiger partial charge in [-0.15, -0.1) is 0 Å². The van der Waals surface area contributed by atoms with Crippen LogP contribution in [-0.2, 0) is 5.41 Å². The molecule has 164 valence electrons. The molecule has 0 aliphatic rings.